The fourth-order valence-electron chi connectivity index (χ4n) is 4.15. The summed E-state index contributed by atoms with van der Waals surface area (Å²) < 4.78 is 0. The molecule has 2 N–H and O–H groups in total. The first kappa shape index (κ1) is 12.4. The van der Waals surface area contributed by atoms with E-state index in [0.717, 1.165) is 23.7 Å². The summed E-state index contributed by atoms with van der Waals surface area (Å²) in [6, 6.07) is 0.506. The molecule has 0 radical (unpaired) electrons. The van der Waals surface area contributed by atoms with Gasteiger partial charge in [0.2, 0.25) is 0 Å². The summed E-state index contributed by atoms with van der Waals surface area (Å²) in [7, 11) is 0. The van der Waals surface area contributed by atoms with Gasteiger partial charge in [0.15, 0.2) is 0 Å². The van der Waals surface area contributed by atoms with Gasteiger partial charge < -0.3 is 5.73 Å². The molecular formula is C15H29N. The summed E-state index contributed by atoms with van der Waals surface area (Å²) in [5.74, 6) is 3.53. The molecule has 0 saturated heterocycles. The molecule has 0 amide bonds. The minimum Gasteiger partial charge on any atom is -0.327 e. The largest absolute Gasteiger partial charge is 0.327 e. The lowest BCUT2D eigenvalue weighted by molar-refractivity contribution is 0.177. The van der Waals surface area contributed by atoms with Crippen molar-refractivity contribution in [2.24, 2.45) is 29.4 Å². The first-order valence-electron chi connectivity index (χ1n) is 7.48. The predicted octanol–water partition coefficient (Wildman–Crippen LogP) is 3.97. The number of hydrogen-bond donors (Lipinski definition) is 1. The summed E-state index contributed by atoms with van der Waals surface area (Å²) in [6.07, 6.45) is 11.3. The van der Waals surface area contributed by atoms with Gasteiger partial charge in [-0.3, -0.25) is 0 Å². The molecule has 0 aromatic rings. The molecule has 0 aliphatic heterocycles. The van der Waals surface area contributed by atoms with Crippen LogP contribution < -0.4 is 5.73 Å². The Morgan fingerprint density at radius 2 is 1.88 bits per heavy atom. The van der Waals surface area contributed by atoms with Crippen molar-refractivity contribution >= 4 is 0 Å². The predicted molar refractivity (Wildman–Crippen MR) is 70.2 cm³/mol. The maximum absolute atomic E-state index is 6.56. The Kier molecular flexibility index (Phi) is 4.29. The zero-order valence-electron chi connectivity index (χ0n) is 11.1. The molecule has 0 bridgehead atoms. The first-order chi connectivity index (χ1) is 7.72. The van der Waals surface area contributed by atoms with Crippen LogP contribution in [0.5, 0.6) is 0 Å². The lowest BCUT2D eigenvalue weighted by Gasteiger charge is -2.36. The Balaban J connectivity index is 1.90. The lowest BCUT2D eigenvalue weighted by Crippen LogP contribution is -2.40. The standard InChI is InChI=1S/C15H29N/c1-3-12-7-5-8-13(10-12)15(16)14-9-4-6-11(14)2/h11-15H,3-10,16H2,1-2H3. The molecule has 5 atom stereocenters. The molecule has 1 heteroatoms. The highest BCUT2D eigenvalue weighted by Gasteiger charge is 2.35. The van der Waals surface area contributed by atoms with Crippen LogP contribution >= 0.6 is 0 Å². The van der Waals surface area contributed by atoms with Crippen molar-refractivity contribution in [1.82, 2.24) is 0 Å². The highest BCUT2D eigenvalue weighted by atomic mass is 14.7. The van der Waals surface area contributed by atoms with Crippen LogP contribution in [0.4, 0.5) is 0 Å². The lowest BCUT2D eigenvalue weighted by atomic mass is 9.72. The average molecular weight is 223 g/mol. The molecule has 0 heterocycles. The van der Waals surface area contributed by atoms with Gasteiger partial charge in [-0.05, 0) is 42.9 Å². The van der Waals surface area contributed by atoms with Crippen molar-refractivity contribution in [2.45, 2.75) is 71.3 Å². The van der Waals surface area contributed by atoms with Gasteiger partial charge in [0, 0.05) is 6.04 Å². The normalized spacial score (nSPS) is 42.2. The number of rotatable bonds is 3. The Morgan fingerprint density at radius 3 is 2.50 bits per heavy atom. The van der Waals surface area contributed by atoms with Gasteiger partial charge in [0.25, 0.3) is 0 Å². The Bertz CT molecular complexity index is 213. The van der Waals surface area contributed by atoms with Crippen LogP contribution in [0.2, 0.25) is 0 Å². The van der Waals surface area contributed by atoms with E-state index in [9.17, 15) is 0 Å². The highest BCUT2D eigenvalue weighted by Crippen LogP contribution is 2.40. The minimum atomic E-state index is 0.506. The topological polar surface area (TPSA) is 26.0 Å². The van der Waals surface area contributed by atoms with E-state index in [1.54, 1.807) is 0 Å². The van der Waals surface area contributed by atoms with E-state index in [2.05, 4.69) is 13.8 Å². The smallest absolute Gasteiger partial charge is 0.00982 e. The molecule has 0 aromatic carbocycles. The van der Waals surface area contributed by atoms with Crippen molar-refractivity contribution in [1.29, 1.82) is 0 Å². The second-order valence-corrected chi connectivity index (χ2v) is 6.35. The quantitative estimate of drug-likeness (QED) is 0.770. The van der Waals surface area contributed by atoms with E-state index in [1.165, 1.54) is 51.4 Å². The van der Waals surface area contributed by atoms with Crippen molar-refractivity contribution in [3.63, 3.8) is 0 Å². The summed E-state index contributed by atoms with van der Waals surface area (Å²) in [5.41, 5.74) is 6.56. The second-order valence-electron chi connectivity index (χ2n) is 6.35. The van der Waals surface area contributed by atoms with E-state index in [4.69, 9.17) is 5.73 Å². The van der Waals surface area contributed by atoms with Gasteiger partial charge in [-0.15, -0.1) is 0 Å². The number of nitrogens with two attached hydrogens (primary N) is 1. The van der Waals surface area contributed by atoms with Crippen LogP contribution in [0, 0.1) is 23.7 Å². The molecule has 16 heavy (non-hydrogen) atoms. The molecule has 2 aliphatic rings. The molecule has 2 aliphatic carbocycles. The van der Waals surface area contributed by atoms with Crippen LogP contribution in [0.3, 0.4) is 0 Å². The van der Waals surface area contributed by atoms with E-state index < -0.39 is 0 Å². The SMILES string of the molecule is CCC1CCCC(C(N)C2CCCC2C)C1. The molecule has 0 aromatic heterocycles. The first-order valence-corrected chi connectivity index (χ1v) is 7.48. The third-order valence-corrected chi connectivity index (χ3v) is 5.37. The van der Waals surface area contributed by atoms with Crippen molar-refractivity contribution in [2.75, 3.05) is 0 Å². The average Bonchev–Trinajstić information content (AvgIpc) is 2.74. The van der Waals surface area contributed by atoms with Crippen LogP contribution in [0.25, 0.3) is 0 Å². The van der Waals surface area contributed by atoms with Gasteiger partial charge in [0.1, 0.15) is 0 Å². The monoisotopic (exact) mass is 223 g/mol. The van der Waals surface area contributed by atoms with Gasteiger partial charge in [-0.25, -0.2) is 0 Å². The van der Waals surface area contributed by atoms with E-state index in [-0.39, 0.29) is 0 Å². The van der Waals surface area contributed by atoms with Crippen molar-refractivity contribution in [3.8, 4) is 0 Å². The molecule has 5 unspecified atom stereocenters. The van der Waals surface area contributed by atoms with Crippen LogP contribution in [-0.2, 0) is 0 Å². The fourth-order valence-corrected chi connectivity index (χ4v) is 4.15. The summed E-state index contributed by atoms with van der Waals surface area (Å²) in [6.45, 7) is 4.76. The minimum absolute atomic E-state index is 0.506. The van der Waals surface area contributed by atoms with Gasteiger partial charge in [-0.2, -0.15) is 0 Å². The molecule has 94 valence electrons. The Hall–Kier alpha value is -0.0400. The third-order valence-electron chi connectivity index (χ3n) is 5.37. The van der Waals surface area contributed by atoms with E-state index in [0.29, 0.717) is 6.04 Å². The zero-order chi connectivity index (χ0) is 11.5. The summed E-state index contributed by atoms with van der Waals surface area (Å²) in [5, 5.41) is 0. The molecular weight excluding hydrogens is 194 g/mol. The molecule has 0 spiro atoms. The maximum atomic E-state index is 6.56. The second kappa shape index (κ2) is 5.53. The maximum Gasteiger partial charge on any atom is 0.00982 e. The van der Waals surface area contributed by atoms with Crippen LogP contribution in [-0.4, -0.2) is 6.04 Å². The van der Waals surface area contributed by atoms with Crippen molar-refractivity contribution in [3.05, 3.63) is 0 Å². The molecule has 2 saturated carbocycles. The Morgan fingerprint density at radius 1 is 1.12 bits per heavy atom. The van der Waals surface area contributed by atoms with Crippen LogP contribution in [0.15, 0.2) is 0 Å². The van der Waals surface area contributed by atoms with E-state index >= 15 is 0 Å². The van der Waals surface area contributed by atoms with Gasteiger partial charge >= 0.3 is 0 Å². The summed E-state index contributed by atoms with van der Waals surface area (Å²) >= 11 is 0. The van der Waals surface area contributed by atoms with Gasteiger partial charge in [0.05, 0.1) is 0 Å². The van der Waals surface area contributed by atoms with Gasteiger partial charge in [-0.1, -0.05) is 46.0 Å². The summed E-state index contributed by atoms with van der Waals surface area (Å²) in [4.78, 5) is 0. The molecule has 2 fully saturated rings. The molecule has 1 nitrogen and oxygen atoms in total. The van der Waals surface area contributed by atoms with E-state index in [1.807, 2.05) is 0 Å². The zero-order valence-corrected chi connectivity index (χ0v) is 11.1. The third kappa shape index (κ3) is 2.61. The molecule has 2 rings (SSSR count). The highest BCUT2D eigenvalue weighted by molar-refractivity contribution is 4.89. The van der Waals surface area contributed by atoms with Crippen LogP contribution in [0.1, 0.15) is 65.2 Å². The van der Waals surface area contributed by atoms with Crippen molar-refractivity contribution < 1.29 is 0 Å². The fraction of sp³-hybridized carbons (Fsp3) is 1.00. The number of hydrogen-bond acceptors (Lipinski definition) is 1. The Labute approximate surface area is 101 Å².